The zero-order valence-corrected chi connectivity index (χ0v) is 11.2. The van der Waals surface area contributed by atoms with Crippen LogP contribution in [0.1, 0.15) is 6.92 Å². The number of anilines is 1. The Morgan fingerprint density at radius 2 is 1.60 bits per heavy atom. The molecule has 0 aliphatic heterocycles. The Hall–Kier alpha value is -2.49. The van der Waals surface area contributed by atoms with E-state index in [0.29, 0.717) is 5.75 Å². The van der Waals surface area contributed by atoms with Crippen molar-refractivity contribution in [3.63, 3.8) is 0 Å². The van der Waals surface area contributed by atoms with Gasteiger partial charge >= 0.3 is 5.97 Å². The highest BCUT2D eigenvalue weighted by Gasteiger charge is 2.26. The van der Waals surface area contributed by atoms with Crippen LogP contribution in [0.3, 0.4) is 0 Å². The van der Waals surface area contributed by atoms with Crippen LogP contribution in [0.15, 0.2) is 60.7 Å². The fraction of sp³-hybridized carbons (Fsp3) is 0.188. The van der Waals surface area contributed by atoms with Gasteiger partial charge in [0, 0.05) is 5.69 Å². The van der Waals surface area contributed by atoms with E-state index in [9.17, 15) is 9.90 Å². The number of aliphatic carboxylic acids is 1. The van der Waals surface area contributed by atoms with Crippen LogP contribution in [0.2, 0.25) is 0 Å². The largest absolute Gasteiger partial charge is 0.488 e. The Kier molecular flexibility index (Phi) is 4.60. The first-order valence-corrected chi connectivity index (χ1v) is 6.43. The summed E-state index contributed by atoms with van der Waals surface area (Å²) in [6.07, 6.45) is -0.505. The predicted molar refractivity (Wildman–Crippen MR) is 78.0 cm³/mol. The van der Waals surface area contributed by atoms with E-state index in [1.54, 1.807) is 19.1 Å². The highest BCUT2D eigenvalue weighted by atomic mass is 16.5. The third kappa shape index (κ3) is 3.75. The number of carbonyl (C=O) groups is 1. The molecular formula is C16H17NO3. The summed E-state index contributed by atoms with van der Waals surface area (Å²) in [5.41, 5.74) is 0.753. The molecule has 0 spiro atoms. The fourth-order valence-electron chi connectivity index (χ4n) is 1.88. The van der Waals surface area contributed by atoms with Crippen molar-refractivity contribution in [2.24, 2.45) is 0 Å². The van der Waals surface area contributed by atoms with Gasteiger partial charge in [-0.15, -0.1) is 0 Å². The number of rotatable bonds is 6. The lowest BCUT2D eigenvalue weighted by Gasteiger charge is -2.23. The molecule has 0 bridgehead atoms. The van der Waals surface area contributed by atoms with Crippen LogP contribution in [0.4, 0.5) is 5.69 Å². The van der Waals surface area contributed by atoms with Gasteiger partial charge in [-0.1, -0.05) is 36.4 Å². The van der Waals surface area contributed by atoms with Crippen molar-refractivity contribution in [1.29, 1.82) is 0 Å². The van der Waals surface area contributed by atoms with Crippen LogP contribution in [-0.2, 0) is 4.79 Å². The van der Waals surface area contributed by atoms with Gasteiger partial charge < -0.3 is 15.2 Å². The van der Waals surface area contributed by atoms with E-state index in [1.165, 1.54) is 0 Å². The maximum absolute atomic E-state index is 11.4. The van der Waals surface area contributed by atoms with E-state index in [2.05, 4.69) is 5.32 Å². The molecule has 0 aromatic heterocycles. The van der Waals surface area contributed by atoms with Crippen LogP contribution in [0, 0.1) is 0 Å². The lowest BCUT2D eigenvalue weighted by atomic mass is 10.1. The van der Waals surface area contributed by atoms with Gasteiger partial charge in [0.15, 0.2) is 6.04 Å². The average Bonchev–Trinajstić information content (AvgIpc) is 2.46. The number of hydrogen-bond acceptors (Lipinski definition) is 3. The Labute approximate surface area is 118 Å². The van der Waals surface area contributed by atoms with E-state index in [4.69, 9.17) is 4.74 Å². The van der Waals surface area contributed by atoms with Crippen molar-refractivity contribution < 1.29 is 14.6 Å². The fourth-order valence-corrected chi connectivity index (χ4v) is 1.88. The predicted octanol–water partition coefficient (Wildman–Crippen LogP) is 3.02. The van der Waals surface area contributed by atoms with E-state index in [0.717, 1.165) is 5.69 Å². The number of carboxylic acids is 1. The van der Waals surface area contributed by atoms with E-state index < -0.39 is 18.1 Å². The molecule has 4 heteroatoms. The summed E-state index contributed by atoms with van der Waals surface area (Å²) in [6, 6.07) is 17.6. The minimum atomic E-state index is -0.947. The normalized spacial score (nSPS) is 13.2. The number of hydrogen-bond donors (Lipinski definition) is 2. The van der Waals surface area contributed by atoms with Crippen molar-refractivity contribution in [1.82, 2.24) is 0 Å². The molecule has 2 N–H and O–H groups in total. The summed E-state index contributed by atoms with van der Waals surface area (Å²) in [4.78, 5) is 11.4. The molecule has 2 atom stereocenters. The summed E-state index contributed by atoms with van der Waals surface area (Å²) < 4.78 is 5.67. The smallest absolute Gasteiger partial charge is 0.330 e. The van der Waals surface area contributed by atoms with E-state index >= 15 is 0 Å². The van der Waals surface area contributed by atoms with Crippen LogP contribution in [0.5, 0.6) is 5.75 Å². The van der Waals surface area contributed by atoms with Crippen LogP contribution < -0.4 is 10.1 Å². The lowest BCUT2D eigenvalue weighted by molar-refractivity contribution is -0.139. The van der Waals surface area contributed by atoms with Crippen molar-refractivity contribution in [3.05, 3.63) is 60.7 Å². The van der Waals surface area contributed by atoms with Gasteiger partial charge in [-0.05, 0) is 31.2 Å². The van der Waals surface area contributed by atoms with E-state index in [1.807, 2.05) is 48.5 Å². The number of carboxylic acid groups (broad SMARTS) is 1. The second kappa shape index (κ2) is 6.61. The maximum Gasteiger partial charge on any atom is 0.330 e. The van der Waals surface area contributed by atoms with Crippen LogP contribution >= 0.6 is 0 Å². The molecule has 2 rings (SSSR count). The number of nitrogens with one attached hydrogen (secondary N) is 1. The zero-order valence-electron chi connectivity index (χ0n) is 11.2. The molecule has 104 valence electrons. The number of benzene rings is 2. The highest BCUT2D eigenvalue weighted by molar-refractivity contribution is 5.78. The first-order chi connectivity index (χ1) is 9.66. The molecule has 0 heterocycles. The summed E-state index contributed by atoms with van der Waals surface area (Å²) in [5, 5.41) is 12.3. The first kappa shape index (κ1) is 13.9. The second-order valence-electron chi connectivity index (χ2n) is 4.46. The first-order valence-electron chi connectivity index (χ1n) is 6.43. The number of para-hydroxylation sites is 2. The molecule has 2 aromatic rings. The monoisotopic (exact) mass is 271 g/mol. The standard InChI is InChI=1S/C16H17NO3/c1-12(20-14-10-6-3-7-11-14)15(16(18)19)17-13-8-4-2-5-9-13/h2-12,15,17H,1H3,(H,18,19). The Balaban J connectivity index is 2.06. The summed E-state index contributed by atoms with van der Waals surface area (Å²) in [6.45, 7) is 1.74. The molecular weight excluding hydrogens is 254 g/mol. The van der Waals surface area contributed by atoms with Gasteiger partial charge in [0.2, 0.25) is 0 Å². The minimum absolute atomic E-state index is 0.505. The maximum atomic E-state index is 11.4. The quantitative estimate of drug-likeness (QED) is 0.848. The zero-order chi connectivity index (χ0) is 14.4. The SMILES string of the molecule is CC(Oc1ccccc1)C(Nc1ccccc1)C(=O)O. The Morgan fingerprint density at radius 3 is 2.15 bits per heavy atom. The lowest BCUT2D eigenvalue weighted by Crippen LogP contribution is -2.42. The summed E-state index contributed by atoms with van der Waals surface area (Å²) >= 11 is 0. The molecule has 2 unspecified atom stereocenters. The third-order valence-electron chi connectivity index (χ3n) is 2.90. The topological polar surface area (TPSA) is 58.6 Å². The minimum Gasteiger partial charge on any atom is -0.488 e. The van der Waals surface area contributed by atoms with Crippen molar-refractivity contribution in [2.75, 3.05) is 5.32 Å². The van der Waals surface area contributed by atoms with Gasteiger partial charge in [-0.25, -0.2) is 4.79 Å². The molecule has 0 saturated carbocycles. The van der Waals surface area contributed by atoms with Gasteiger partial charge in [-0.3, -0.25) is 0 Å². The van der Waals surface area contributed by atoms with Crippen LogP contribution in [-0.4, -0.2) is 23.2 Å². The van der Waals surface area contributed by atoms with Crippen LogP contribution in [0.25, 0.3) is 0 Å². The molecule has 0 amide bonds. The highest BCUT2D eigenvalue weighted by Crippen LogP contribution is 2.15. The molecule has 0 fully saturated rings. The van der Waals surface area contributed by atoms with E-state index in [-0.39, 0.29) is 0 Å². The summed E-state index contributed by atoms with van der Waals surface area (Å²) in [5.74, 6) is -0.293. The third-order valence-corrected chi connectivity index (χ3v) is 2.90. The van der Waals surface area contributed by atoms with Crippen molar-refractivity contribution >= 4 is 11.7 Å². The molecule has 4 nitrogen and oxygen atoms in total. The Morgan fingerprint density at radius 1 is 1.05 bits per heavy atom. The van der Waals surface area contributed by atoms with Gasteiger partial charge in [-0.2, -0.15) is 0 Å². The summed E-state index contributed by atoms with van der Waals surface area (Å²) in [7, 11) is 0. The van der Waals surface area contributed by atoms with Gasteiger partial charge in [0.25, 0.3) is 0 Å². The molecule has 0 radical (unpaired) electrons. The Bertz CT molecular complexity index is 542. The second-order valence-corrected chi connectivity index (χ2v) is 4.46. The van der Waals surface area contributed by atoms with Gasteiger partial charge in [0.05, 0.1) is 0 Å². The average molecular weight is 271 g/mol. The molecule has 0 aliphatic carbocycles. The van der Waals surface area contributed by atoms with Crippen molar-refractivity contribution in [3.8, 4) is 5.75 Å². The molecule has 2 aromatic carbocycles. The molecule has 20 heavy (non-hydrogen) atoms. The molecule has 0 aliphatic rings. The molecule has 0 saturated heterocycles. The van der Waals surface area contributed by atoms with Gasteiger partial charge in [0.1, 0.15) is 11.9 Å². The van der Waals surface area contributed by atoms with Crippen molar-refractivity contribution in [2.45, 2.75) is 19.1 Å². The number of ether oxygens (including phenoxy) is 1.